The van der Waals surface area contributed by atoms with Gasteiger partial charge in [0, 0.05) is 34.3 Å². The summed E-state index contributed by atoms with van der Waals surface area (Å²) in [6.07, 6.45) is 1.61. The predicted octanol–water partition coefficient (Wildman–Crippen LogP) is 5.55. The van der Waals surface area contributed by atoms with Crippen LogP contribution in [-0.2, 0) is 0 Å². The van der Waals surface area contributed by atoms with E-state index in [1.54, 1.807) is 73.8 Å². The molecular weight excluding hydrogens is 374 g/mol. The number of rotatable bonds is 7. The number of hydrogen-bond acceptors (Lipinski definition) is 4. The number of ether oxygens (including phenoxy) is 1. The molecule has 0 saturated heterocycles. The quantitative estimate of drug-likeness (QED) is 0.391. The van der Waals surface area contributed by atoms with Gasteiger partial charge in [-0.05, 0) is 42.5 Å². The van der Waals surface area contributed by atoms with Crippen LogP contribution in [0.15, 0.2) is 77.8 Å². The summed E-state index contributed by atoms with van der Waals surface area (Å²) in [6, 6.07) is 20.8. The molecule has 0 saturated carbocycles. The van der Waals surface area contributed by atoms with Crippen molar-refractivity contribution in [3.63, 3.8) is 0 Å². The molecule has 0 aromatic heterocycles. The van der Waals surface area contributed by atoms with Crippen LogP contribution in [0.5, 0.6) is 5.75 Å². The first-order valence-electron chi connectivity index (χ1n) is 8.67. The molecule has 3 aromatic rings. The Morgan fingerprint density at radius 3 is 2.36 bits per heavy atom. The van der Waals surface area contributed by atoms with Crippen molar-refractivity contribution in [3.05, 3.63) is 94.5 Å². The zero-order valence-corrected chi connectivity index (χ0v) is 16.0. The summed E-state index contributed by atoms with van der Waals surface area (Å²) >= 11 is 6.07. The number of ketones is 2. The lowest BCUT2D eigenvalue weighted by atomic mass is 10.0. The van der Waals surface area contributed by atoms with Gasteiger partial charge in [-0.3, -0.25) is 14.6 Å². The van der Waals surface area contributed by atoms with Crippen LogP contribution >= 0.6 is 11.6 Å². The number of methoxy groups -OCH3 is 1. The molecule has 0 fully saturated rings. The highest BCUT2D eigenvalue weighted by Gasteiger charge is 2.13. The molecule has 0 unspecified atom stereocenters. The van der Waals surface area contributed by atoms with Gasteiger partial charge in [0.15, 0.2) is 11.6 Å². The SMILES string of the molecule is COc1ccc(C(=O)CC=Nc2cc(Cl)ccc2C(=O)c2ccccc2)cc1. The minimum Gasteiger partial charge on any atom is -0.497 e. The first-order chi connectivity index (χ1) is 13.6. The van der Waals surface area contributed by atoms with Gasteiger partial charge in [-0.2, -0.15) is 0 Å². The molecule has 0 aliphatic rings. The van der Waals surface area contributed by atoms with Crippen LogP contribution in [0.1, 0.15) is 32.7 Å². The van der Waals surface area contributed by atoms with Gasteiger partial charge in [-0.15, -0.1) is 0 Å². The van der Waals surface area contributed by atoms with E-state index < -0.39 is 0 Å². The molecule has 0 heterocycles. The maximum Gasteiger partial charge on any atom is 0.195 e. The monoisotopic (exact) mass is 391 g/mol. The Hall–Kier alpha value is -3.24. The van der Waals surface area contributed by atoms with Crippen LogP contribution in [0.25, 0.3) is 0 Å². The summed E-state index contributed by atoms with van der Waals surface area (Å²) in [5.74, 6) is 0.462. The van der Waals surface area contributed by atoms with E-state index in [2.05, 4.69) is 4.99 Å². The molecule has 5 heteroatoms. The second-order valence-electron chi connectivity index (χ2n) is 6.02. The summed E-state index contributed by atoms with van der Waals surface area (Å²) in [7, 11) is 1.57. The molecule has 0 amide bonds. The van der Waals surface area contributed by atoms with Crippen LogP contribution in [0, 0.1) is 0 Å². The van der Waals surface area contributed by atoms with Crippen molar-refractivity contribution < 1.29 is 14.3 Å². The number of aliphatic imine (C=N–C) groups is 1. The average Bonchev–Trinajstić information content (AvgIpc) is 2.74. The van der Waals surface area contributed by atoms with E-state index >= 15 is 0 Å². The molecule has 0 spiro atoms. The normalized spacial score (nSPS) is 10.8. The van der Waals surface area contributed by atoms with Crippen molar-refractivity contribution >= 4 is 35.1 Å². The third-order valence-electron chi connectivity index (χ3n) is 4.16. The molecular formula is C23H18ClNO3. The van der Waals surface area contributed by atoms with E-state index in [9.17, 15) is 9.59 Å². The average molecular weight is 392 g/mol. The number of nitrogens with zero attached hydrogens (tertiary/aromatic N) is 1. The van der Waals surface area contributed by atoms with Gasteiger partial charge in [-0.1, -0.05) is 41.9 Å². The fourth-order valence-electron chi connectivity index (χ4n) is 2.67. The molecule has 3 aromatic carbocycles. The third kappa shape index (κ3) is 4.72. The Morgan fingerprint density at radius 1 is 0.964 bits per heavy atom. The van der Waals surface area contributed by atoms with Crippen molar-refractivity contribution in [3.8, 4) is 5.75 Å². The van der Waals surface area contributed by atoms with Gasteiger partial charge in [-0.25, -0.2) is 0 Å². The van der Waals surface area contributed by atoms with Crippen LogP contribution < -0.4 is 4.74 Å². The first kappa shape index (κ1) is 19.5. The Bertz CT molecular complexity index is 1010. The zero-order valence-electron chi connectivity index (χ0n) is 15.3. The highest BCUT2D eigenvalue weighted by atomic mass is 35.5. The van der Waals surface area contributed by atoms with Crippen molar-refractivity contribution in [1.82, 2.24) is 0 Å². The third-order valence-corrected chi connectivity index (χ3v) is 4.39. The van der Waals surface area contributed by atoms with Crippen LogP contribution in [0.4, 0.5) is 5.69 Å². The lowest BCUT2D eigenvalue weighted by Gasteiger charge is -2.06. The number of benzene rings is 3. The Kier molecular flexibility index (Phi) is 6.35. The second kappa shape index (κ2) is 9.11. The van der Waals surface area contributed by atoms with Gasteiger partial charge >= 0.3 is 0 Å². The number of Topliss-reactive ketones (excluding diaryl/α,β-unsaturated/α-hetero) is 1. The zero-order chi connectivity index (χ0) is 19.9. The number of halogens is 1. The van der Waals surface area contributed by atoms with E-state index in [-0.39, 0.29) is 18.0 Å². The fourth-order valence-corrected chi connectivity index (χ4v) is 2.84. The number of carbonyl (C=O) groups excluding carboxylic acids is 2. The molecule has 3 rings (SSSR count). The summed E-state index contributed by atoms with van der Waals surface area (Å²) < 4.78 is 5.09. The smallest absolute Gasteiger partial charge is 0.195 e. The highest BCUT2D eigenvalue weighted by Crippen LogP contribution is 2.26. The number of hydrogen-bond donors (Lipinski definition) is 0. The van der Waals surface area contributed by atoms with E-state index in [1.807, 2.05) is 6.07 Å². The largest absolute Gasteiger partial charge is 0.497 e. The van der Waals surface area contributed by atoms with Gasteiger partial charge in [0.25, 0.3) is 0 Å². The second-order valence-corrected chi connectivity index (χ2v) is 6.46. The highest BCUT2D eigenvalue weighted by molar-refractivity contribution is 6.31. The molecule has 0 bridgehead atoms. The summed E-state index contributed by atoms with van der Waals surface area (Å²) in [5, 5.41) is 0.471. The molecule has 0 atom stereocenters. The lowest BCUT2D eigenvalue weighted by Crippen LogP contribution is -2.02. The lowest BCUT2D eigenvalue weighted by molar-refractivity contribution is 0.1000. The Balaban J connectivity index is 1.78. The van der Waals surface area contributed by atoms with E-state index in [4.69, 9.17) is 16.3 Å². The van der Waals surface area contributed by atoms with E-state index in [0.717, 1.165) is 0 Å². The van der Waals surface area contributed by atoms with Crippen molar-refractivity contribution in [2.24, 2.45) is 4.99 Å². The van der Waals surface area contributed by atoms with E-state index in [0.29, 0.717) is 33.1 Å². The predicted molar refractivity (Wildman–Crippen MR) is 111 cm³/mol. The summed E-state index contributed by atoms with van der Waals surface area (Å²) in [4.78, 5) is 29.4. The molecule has 0 N–H and O–H groups in total. The molecule has 4 nitrogen and oxygen atoms in total. The van der Waals surface area contributed by atoms with Gasteiger partial charge in [0.1, 0.15) is 5.75 Å². The van der Waals surface area contributed by atoms with E-state index in [1.165, 1.54) is 6.21 Å². The molecule has 28 heavy (non-hydrogen) atoms. The van der Waals surface area contributed by atoms with Crippen LogP contribution in [-0.4, -0.2) is 24.9 Å². The van der Waals surface area contributed by atoms with Gasteiger partial charge in [0.2, 0.25) is 0 Å². The van der Waals surface area contributed by atoms with Crippen LogP contribution in [0.3, 0.4) is 0 Å². The first-order valence-corrected chi connectivity index (χ1v) is 9.05. The molecule has 0 radical (unpaired) electrons. The minimum absolute atomic E-state index is 0.0793. The maximum atomic E-state index is 12.8. The van der Waals surface area contributed by atoms with Crippen molar-refractivity contribution in [2.75, 3.05) is 7.11 Å². The van der Waals surface area contributed by atoms with Gasteiger partial charge in [0.05, 0.1) is 12.8 Å². The summed E-state index contributed by atoms with van der Waals surface area (Å²) in [5.41, 5.74) is 2.00. The summed E-state index contributed by atoms with van der Waals surface area (Å²) in [6.45, 7) is 0. The topological polar surface area (TPSA) is 55.7 Å². The van der Waals surface area contributed by atoms with Crippen molar-refractivity contribution in [1.29, 1.82) is 0 Å². The Morgan fingerprint density at radius 2 is 1.68 bits per heavy atom. The van der Waals surface area contributed by atoms with Gasteiger partial charge < -0.3 is 4.74 Å². The van der Waals surface area contributed by atoms with Crippen molar-refractivity contribution in [2.45, 2.75) is 6.42 Å². The molecule has 0 aliphatic heterocycles. The number of carbonyl (C=O) groups is 2. The minimum atomic E-state index is -0.147. The Labute approximate surface area is 168 Å². The molecule has 0 aliphatic carbocycles. The standard InChI is InChI=1S/C23H18ClNO3/c1-28-19-10-7-16(8-11-19)22(26)13-14-25-21-15-18(24)9-12-20(21)23(27)17-5-3-2-4-6-17/h2-12,14-15H,13H2,1H3. The fraction of sp³-hybridized carbons (Fsp3) is 0.0870. The maximum absolute atomic E-state index is 12.8. The molecule has 140 valence electrons. The van der Waals surface area contributed by atoms with Crippen LogP contribution in [0.2, 0.25) is 5.02 Å².